The Kier molecular flexibility index (Phi) is 6.91. The van der Waals surface area contributed by atoms with Crippen molar-refractivity contribution in [3.63, 3.8) is 0 Å². The monoisotopic (exact) mass is 615 g/mol. The molecular weight excluding hydrogens is 596 g/mol. The van der Waals surface area contributed by atoms with Crippen LogP contribution in [0.4, 0.5) is 24.5 Å². The molecule has 2 aromatic carbocycles. The van der Waals surface area contributed by atoms with E-state index in [9.17, 15) is 32.3 Å². The largest absolute Gasteiger partial charge is 0.418 e. The van der Waals surface area contributed by atoms with Crippen LogP contribution in [0.5, 0.6) is 0 Å². The number of carbonyl (C=O) groups is 3. The molecule has 41 heavy (non-hydrogen) atoms. The Morgan fingerprint density at radius 1 is 0.976 bits per heavy atom. The van der Waals surface area contributed by atoms with E-state index in [1.54, 1.807) is 29.6 Å². The first-order chi connectivity index (χ1) is 19.5. The fraction of sp³-hybridized carbons (Fsp3) is 0.214. The summed E-state index contributed by atoms with van der Waals surface area (Å²) in [4.78, 5) is 55.0. The van der Waals surface area contributed by atoms with Gasteiger partial charge in [0.25, 0.3) is 0 Å². The molecule has 6 rings (SSSR count). The van der Waals surface area contributed by atoms with Gasteiger partial charge >= 0.3 is 11.0 Å². The summed E-state index contributed by atoms with van der Waals surface area (Å²) in [6.07, 6.45) is -4.78. The third-order valence-corrected chi connectivity index (χ3v) is 10.5. The minimum Gasteiger partial charge on any atom is -0.325 e. The quantitative estimate of drug-likeness (QED) is 0.290. The Hall–Kier alpha value is -3.68. The van der Waals surface area contributed by atoms with Crippen LogP contribution in [-0.2, 0) is 27.1 Å². The maximum Gasteiger partial charge on any atom is 0.418 e. The third kappa shape index (κ3) is 4.81. The van der Waals surface area contributed by atoms with E-state index in [0.29, 0.717) is 25.4 Å². The lowest BCUT2D eigenvalue weighted by Crippen LogP contribution is -2.33. The molecule has 13 heteroatoms. The predicted molar refractivity (Wildman–Crippen MR) is 152 cm³/mol. The summed E-state index contributed by atoms with van der Waals surface area (Å²) in [5.74, 6) is -3.75. The van der Waals surface area contributed by atoms with Crippen molar-refractivity contribution in [1.29, 1.82) is 0 Å². The second kappa shape index (κ2) is 10.3. The van der Waals surface area contributed by atoms with Gasteiger partial charge in [-0.15, -0.1) is 11.3 Å². The summed E-state index contributed by atoms with van der Waals surface area (Å²) >= 11 is 3.16. The van der Waals surface area contributed by atoms with Crippen molar-refractivity contribution in [2.24, 2.45) is 5.92 Å². The van der Waals surface area contributed by atoms with E-state index in [1.165, 1.54) is 28.0 Å². The van der Waals surface area contributed by atoms with Crippen LogP contribution in [0.1, 0.15) is 26.8 Å². The zero-order valence-electron chi connectivity index (χ0n) is 21.2. The van der Waals surface area contributed by atoms with Crippen LogP contribution < -0.4 is 15.1 Å². The highest BCUT2D eigenvalue weighted by atomic mass is 32.2. The van der Waals surface area contributed by atoms with Gasteiger partial charge in [-0.2, -0.15) is 13.2 Å². The van der Waals surface area contributed by atoms with Crippen LogP contribution in [0, 0.1) is 12.8 Å². The molecule has 210 valence electrons. The van der Waals surface area contributed by atoms with E-state index < -0.39 is 57.1 Å². The fourth-order valence-electron chi connectivity index (χ4n) is 5.16. The van der Waals surface area contributed by atoms with Crippen LogP contribution in [0.2, 0.25) is 0 Å². The lowest BCUT2D eigenvalue weighted by Gasteiger charge is -2.29. The van der Waals surface area contributed by atoms with Crippen LogP contribution in [0.3, 0.4) is 0 Å². The van der Waals surface area contributed by atoms with Crippen molar-refractivity contribution < 1.29 is 27.6 Å². The maximum atomic E-state index is 13.9. The number of nitrogens with one attached hydrogen (secondary N) is 1. The molecule has 2 aromatic heterocycles. The molecule has 1 saturated heterocycles. The number of amides is 3. The number of halogens is 3. The molecule has 4 heterocycles. The number of hydrogen-bond donors (Lipinski definition) is 1. The van der Waals surface area contributed by atoms with Gasteiger partial charge in [0.2, 0.25) is 17.7 Å². The molecule has 0 radical (unpaired) electrons. The van der Waals surface area contributed by atoms with E-state index in [2.05, 4.69) is 5.32 Å². The SMILES string of the molecule is Cc1ccc(NC(=O)Cn2c3c(sc2=O)C(c2cccs2)C2C(=O)N(c4ccccc4C(F)(F)F)C(=O)C2S3)cc1. The number of carbonyl (C=O) groups excluding carboxylic acids is 3. The Morgan fingerprint density at radius 2 is 1.71 bits per heavy atom. The number of benzene rings is 2. The average Bonchev–Trinajstić information content (AvgIpc) is 3.62. The number of aryl methyl sites for hydroxylation is 1. The Morgan fingerprint density at radius 3 is 2.39 bits per heavy atom. The van der Waals surface area contributed by atoms with Gasteiger partial charge in [-0.25, -0.2) is 4.90 Å². The highest BCUT2D eigenvalue weighted by Gasteiger charge is 2.58. The number of aromatic nitrogens is 1. The van der Waals surface area contributed by atoms with E-state index in [1.807, 2.05) is 19.1 Å². The summed E-state index contributed by atoms with van der Waals surface area (Å²) in [5, 5.41) is 3.83. The number of imide groups is 1. The summed E-state index contributed by atoms with van der Waals surface area (Å²) in [6, 6.07) is 15.2. The molecule has 0 saturated carbocycles. The van der Waals surface area contributed by atoms with Crippen molar-refractivity contribution >= 4 is 63.5 Å². The van der Waals surface area contributed by atoms with Crippen molar-refractivity contribution in [3.05, 3.63) is 96.6 Å². The van der Waals surface area contributed by atoms with E-state index in [0.717, 1.165) is 40.8 Å². The molecule has 4 aromatic rings. The number of fused-ring (bicyclic) bond motifs is 2. The second-order valence-corrected chi connectivity index (χ2v) is 12.7. The Balaban J connectivity index is 1.40. The number of rotatable bonds is 5. The number of para-hydroxylation sites is 1. The van der Waals surface area contributed by atoms with Gasteiger partial charge in [-0.1, -0.05) is 59.0 Å². The van der Waals surface area contributed by atoms with Crippen molar-refractivity contribution in [2.45, 2.75) is 35.8 Å². The number of anilines is 2. The summed E-state index contributed by atoms with van der Waals surface area (Å²) in [6.45, 7) is 1.58. The molecule has 0 bridgehead atoms. The number of thioether (sulfide) groups is 1. The minimum absolute atomic E-state index is 0.331. The Bertz CT molecular complexity index is 1730. The van der Waals surface area contributed by atoms with Crippen LogP contribution >= 0.6 is 34.4 Å². The van der Waals surface area contributed by atoms with Gasteiger partial charge in [0.1, 0.15) is 11.8 Å². The molecule has 2 aliphatic rings. The highest BCUT2D eigenvalue weighted by molar-refractivity contribution is 8.00. The lowest BCUT2D eigenvalue weighted by atomic mass is 9.87. The van der Waals surface area contributed by atoms with Gasteiger partial charge in [0.15, 0.2) is 0 Å². The topological polar surface area (TPSA) is 88.5 Å². The third-order valence-electron chi connectivity index (χ3n) is 6.99. The molecule has 7 nitrogen and oxygen atoms in total. The van der Waals surface area contributed by atoms with Gasteiger partial charge in [-0.05, 0) is 42.6 Å². The van der Waals surface area contributed by atoms with Crippen LogP contribution in [-0.4, -0.2) is 27.5 Å². The first kappa shape index (κ1) is 27.5. The second-order valence-electron chi connectivity index (χ2n) is 9.62. The fourth-order valence-corrected chi connectivity index (χ4v) is 8.88. The van der Waals surface area contributed by atoms with Crippen LogP contribution in [0.25, 0.3) is 0 Å². The lowest BCUT2D eigenvalue weighted by molar-refractivity contribution is -0.137. The van der Waals surface area contributed by atoms with Crippen molar-refractivity contribution in [1.82, 2.24) is 4.57 Å². The zero-order chi connectivity index (χ0) is 29.1. The smallest absolute Gasteiger partial charge is 0.325 e. The molecular formula is C28H20F3N3O4S3. The predicted octanol–water partition coefficient (Wildman–Crippen LogP) is 5.73. The zero-order valence-corrected chi connectivity index (χ0v) is 23.6. The number of alkyl halides is 3. The van der Waals surface area contributed by atoms with E-state index >= 15 is 0 Å². The molecule has 1 fully saturated rings. The van der Waals surface area contributed by atoms with E-state index in [-0.39, 0.29) is 6.54 Å². The van der Waals surface area contributed by atoms with Gasteiger partial charge in [0.05, 0.1) is 22.2 Å². The summed E-state index contributed by atoms with van der Waals surface area (Å²) < 4.78 is 42.9. The molecule has 2 aliphatic heterocycles. The molecule has 3 amide bonds. The van der Waals surface area contributed by atoms with Crippen molar-refractivity contribution in [3.8, 4) is 0 Å². The number of thiazole rings is 1. The number of hydrogen-bond acceptors (Lipinski definition) is 7. The maximum absolute atomic E-state index is 13.9. The molecule has 0 aliphatic carbocycles. The summed E-state index contributed by atoms with van der Waals surface area (Å²) in [5.41, 5.74) is -0.0394. The molecule has 3 atom stereocenters. The van der Waals surface area contributed by atoms with Crippen molar-refractivity contribution in [2.75, 3.05) is 10.2 Å². The number of nitrogens with zero attached hydrogens (tertiary/aromatic N) is 2. The summed E-state index contributed by atoms with van der Waals surface area (Å²) in [7, 11) is 0. The van der Waals surface area contributed by atoms with E-state index in [4.69, 9.17) is 0 Å². The molecule has 1 N–H and O–H groups in total. The van der Waals surface area contributed by atoms with Crippen LogP contribution in [0.15, 0.2) is 75.9 Å². The highest BCUT2D eigenvalue weighted by Crippen LogP contribution is 2.55. The molecule has 0 spiro atoms. The Labute approximate surface area is 243 Å². The minimum atomic E-state index is -4.78. The number of thiophene rings is 1. The standard InChI is InChI=1S/C28H20F3N3O4S3/c1-14-8-10-15(11-9-14)32-19(35)13-33-26-23(41-27(33)38)20(18-7-4-12-39-18)21-22(40-26)25(37)34(24(21)36)17-6-3-2-5-16(17)28(29,30)31/h2-12,20-22H,13H2,1H3,(H,32,35). The van der Waals surface area contributed by atoms with Gasteiger partial charge < -0.3 is 5.32 Å². The molecule has 3 unspecified atom stereocenters. The average molecular weight is 616 g/mol. The first-order valence-corrected chi connectivity index (χ1v) is 15.0. The van der Waals surface area contributed by atoms with Gasteiger partial charge in [0, 0.05) is 21.4 Å². The normalized spacial score (nSPS) is 20.2. The van der Waals surface area contributed by atoms with Gasteiger partial charge in [-0.3, -0.25) is 23.7 Å². The first-order valence-electron chi connectivity index (χ1n) is 12.4.